The molecule has 0 bridgehead atoms. The fourth-order valence-corrected chi connectivity index (χ4v) is 1.16. The second-order valence-corrected chi connectivity index (χ2v) is 2.63. The number of allylic oxidation sites excluding steroid dienone is 2. The molecule has 72 valence electrons. The van der Waals surface area contributed by atoms with Crippen LogP contribution in [0.1, 0.15) is 26.7 Å². The molecule has 0 radical (unpaired) electrons. The molecule has 0 fully saturated rings. The molecule has 3 heteroatoms. The first-order valence-corrected chi connectivity index (χ1v) is 4.71. The minimum Gasteiger partial charge on any atom is -0.413 e. The van der Waals surface area contributed by atoms with E-state index in [1.807, 2.05) is 20.9 Å². The first-order valence-electron chi connectivity index (χ1n) is 4.71. The van der Waals surface area contributed by atoms with Crippen molar-refractivity contribution in [1.29, 1.82) is 0 Å². The molecule has 0 aromatic rings. The summed E-state index contributed by atoms with van der Waals surface area (Å²) in [5.41, 5.74) is 5.21. The van der Waals surface area contributed by atoms with Gasteiger partial charge < -0.3 is 10.2 Å². The molecular formula is C10H16N2O. The van der Waals surface area contributed by atoms with Gasteiger partial charge in [-0.1, -0.05) is 19.9 Å². The number of nitrogens with zero attached hydrogens (tertiary/aromatic N) is 2. The van der Waals surface area contributed by atoms with Crippen LogP contribution in [0.4, 0.5) is 0 Å². The number of rotatable bonds is 0. The molecule has 0 saturated carbocycles. The van der Waals surface area contributed by atoms with Crippen molar-refractivity contribution in [3.8, 4) is 0 Å². The molecule has 0 aromatic carbocycles. The van der Waals surface area contributed by atoms with E-state index in [1.54, 1.807) is 11.1 Å². The molecule has 0 unspecified atom stereocenters. The Balaban J connectivity index is 0.000000396. The average molecular weight is 180 g/mol. The molecule has 0 N–H and O–H groups in total. The van der Waals surface area contributed by atoms with Crippen LogP contribution in [0.15, 0.2) is 23.6 Å². The van der Waals surface area contributed by atoms with E-state index in [9.17, 15) is 0 Å². The summed E-state index contributed by atoms with van der Waals surface area (Å²) in [7, 11) is 1.85. The van der Waals surface area contributed by atoms with Gasteiger partial charge in [0, 0.05) is 0 Å². The number of ether oxygens (including phenoxy) is 1. The van der Waals surface area contributed by atoms with Crippen molar-refractivity contribution >= 4 is 6.40 Å². The van der Waals surface area contributed by atoms with Crippen molar-refractivity contribution in [2.45, 2.75) is 26.7 Å². The van der Waals surface area contributed by atoms with Crippen LogP contribution in [-0.4, -0.2) is 18.1 Å². The molecule has 1 heterocycles. The monoisotopic (exact) mass is 180 g/mol. The predicted molar refractivity (Wildman–Crippen MR) is 53.4 cm³/mol. The topological polar surface area (TPSA) is 26.3 Å². The third kappa shape index (κ3) is 2.34. The molecule has 0 aromatic heterocycles. The van der Waals surface area contributed by atoms with Crippen molar-refractivity contribution in [3.05, 3.63) is 29.0 Å². The van der Waals surface area contributed by atoms with E-state index >= 15 is 0 Å². The van der Waals surface area contributed by atoms with Gasteiger partial charge in [-0.3, -0.25) is 0 Å². The largest absolute Gasteiger partial charge is 0.413 e. The van der Waals surface area contributed by atoms with Crippen LogP contribution < -0.4 is 0 Å². The molecular weight excluding hydrogens is 164 g/mol. The van der Waals surface area contributed by atoms with E-state index in [0.717, 1.165) is 24.3 Å². The van der Waals surface area contributed by atoms with Crippen LogP contribution in [0.2, 0.25) is 0 Å². The summed E-state index contributed by atoms with van der Waals surface area (Å²) in [4.78, 5) is 0. The van der Waals surface area contributed by atoms with E-state index < -0.39 is 0 Å². The van der Waals surface area contributed by atoms with Gasteiger partial charge in [-0.2, -0.15) is 0 Å². The molecule has 0 spiro atoms. The fourth-order valence-electron chi connectivity index (χ4n) is 1.16. The van der Waals surface area contributed by atoms with Crippen LogP contribution in [0, 0.1) is 0 Å². The van der Waals surface area contributed by atoms with E-state index in [0.29, 0.717) is 0 Å². The maximum Gasteiger partial charge on any atom is 0.324 e. The van der Waals surface area contributed by atoms with Crippen LogP contribution in [0.5, 0.6) is 0 Å². The Morgan fingerprint density at radius 1 is 1.31 bits per heavy atom. The molecule has 2 aliphatic rings. The Morgan fingerprint density at radius 3 is 2.77 bits per heavy atom. The van der Waals surface area contributed by atoms with Crippen LogP contribution >= 0.6 is 0 Å². The molecule has 0 saturated heterocycles. The van der Waals surface area contributed by atoms with Gasteiger partial charge in [-0.05, 0) is 24.6 Å². The van der Waals surface area contributed by atoms with Gasteiger partial charge >= 0.3 is 6.40 Å². The second kappa shape index (κ2) is 4.70. The van der Waals surface area contributed by atoms with Gasteiger partial charge in [-0.25, -0.2) is 4.68 Å². The molecule has 0 amide bonds. The fraction of sp³-hybridized carbons (Fsp3) is 0.500. The van der Waals surface area contributed by atoms with Crippen LogP contribution in [0.25, 0.3) is 5.43 Å². The highest BCUT2D eigenvalue weighted by Crippen LogP contribution is 2.25. The molecule has 3 nitrogen and oxygen atoms in total. The maximum absolute atomic E-state index is 5.29. The lowest BCUT2D eigenvalue weighted by Crippen LogP contribution is -2.14. The summed E-state index contributed by atoms with van der Waals surface area (Å²) in [5, 5.41) is 0. The summed E-state index contributed by atoms with van der Waals surface area (Å²) in [5.74, 6) is 0.898. The summed E-state index contributed by atoms with van der Waals surface area (Å²) in [6, 6.07) is 0. The van der Waals surface area contributed by atoms with Crippen molar-refractivity contribution in [3.63, 3.8) is 0 Å². The van der Waals surface area contributed by atoms with Crippen molar-refractivity contribution in [2.75, 3.05) is 7.05 Å². The molecule has 1 aliphatic carbocycles. The lowest BCUT2D eigenvalue weighted by atomic mass is 10.1. The number of hydrogen-bond donors (Lipinski definition) is 0. The van der Waals surface area contributed by atoms with E-state index in [-0.39, 0.29) is 0 Å². The minimum absolute atomic E-state index is 0.898. The SMILES string of the molecule is CC.C[N+]1=COC2=CCCC=C2[N-]1. The quantitative estimate of drug-likeness (QED) is 0.526. The summed E-state index contributed by atoms with van der Waals surface area (Å²) in [6.07, 6.45) is 7.90. The molecule has 13 heavy (non-hydrogen) atoms. The highest BCUT2D eigenvalue weighted by molar-refractivity contribution is 5.51. The van der Waals surface area contributed by atoms with Crippen LogP contribution in [-0.2, 0) is 4.74 Å². The van der Waals surface area contributed by atoms with Gasteiger partial charge in [0.25, 0.3) is 0 Å². The summed E-state index contributed by atoms with van der Waals surface area (Å²) < 4.78 is 6.97. The highest BCUT2D eigenvalue weighted by Gasteiger charge is 2.09. The summed E-state index contributed by atoms with van der Waals surface area (Å²) >= 11 is 0. The first kappa shape index (κ1) is 9.84. The van der Waals surface area contributed by atoms with Gasteiger partial charge in [0.2, 0.25) is 0 Å². The summed E-state index contributed by atoms with van der Waals surface area (Å²) in [6.45, 7) is 4.00. The molecule has 1 aliphatic heterocycles. The maximum atomic E-state index is 5.29. The Hall–Kier alpha value is -1.25. The Kier molecular flexibility index (Phi) is 3.55. The number of hydrogen-bond acceptors (Lipinski definition) is 1. The zero-order valence-corrected chi connectivity index (χ0v) is 8.45. The van der Waals surface area contributed by atoms with E-state index in [4.69, 9.17) is 4.74 Å². The zero-order chi connectivity index (χ0) is 9.68. The van der Waals surface area contributed by atoms with Crippen molar-refractivity contribution in [2.24, 2.45) is 0 Å². The normalized spacial score (nSPS) is 18.8. The zero-order valence-electron chi connectivity index (χ0n) is 8.45. The second-order valence-electron chi connectivity index (χ2n) is 2.63. The van der Waals surface area contributed by atoms with Gasteiger partial charge in [-0.15, -0.1) is 0 Å². The first-order chi connectivity index (χ1) is 6.36. The van der Waals surface area contributed by atoms with E-state index in [1.165, 1.54) is 0 Å². The van der Waals surface area contributed by atoms with E-state index in [2.05, 4.69) is 17.6 Å². The molecule has 2 rings (SSSR count). The average Bonchev–Trinajstić information content (AvgIpc) is 2.21. The Morgan fingerprint density at radius 2 is 2.00 bits per heavy atom. The highest BCUT2D eigenvalue weighted by atomic mass is 16.5. The Bertz CT molecular complexity index is 264. The lowest BCUT2D eigenvalue weighted by molar-refractivity contribution is -0.448. The Labute approximate surface area is 79.4 Å². The molecule has 0 atom stereocenters. The third-order valence-electron chi connectivity index (χ3n) is 1.68. The van der Waals surface area contributed by atoms with Crippen LogP contribution in [0.3, 0.4) is 0 Å². The third-order valence-corrected chi connectivity index (χ3v) is 1.68. The predicted octanol–water partition coefficient (Wildman–Crippen LogP) is 2.56. The lowest BCUT2D eigenvalue weighted by Gasteiger charge is -2.26. The number of fused-ring (bicyclic) bond motifs is 1. The minimum atomic E-state index is 0.898. The van der Waals surface area contributed by atoms with Crippen molar-refractivity contribution in [1.82, 2.24) is 0 Å². The van der Waals surface area contributed by atoms with Gasteiger partial charge in [0.15, 0.2) is 0 Å². The van der Waals surface area contributed by atoms with Crippen molar-refractivity contribution < 1.29 is 9.42 Å². The smallest absolute Gasteiger partial charge is 0.324 e. The standard InChI is InChI=1S/C8H10N2O.C2H6/c1-10-6-11-8-5-3-2-4-7(8)9-10;1-2/h4-6H,2-3H2,1H3;1-2H3. The van der Waals surface area contributed by atoms with Gasteiger partial charge in [0.1, 0.15) is 12.8 Å². The van der Waals surface area contributed by atoms with Gasteiger partial charge in [0.05, 0.1) is 0 Å².